The number of hydrogen-bond acceptors (Lipinski definition) is 0. The van der Waals surface area contributed by atoms with Gasteiger partial charge in [-0.2, -0.15) is 0 Å². The summed E-state index contributed by atoms with van der Waals surface area (Å²) in [6.07, 6.45) is 4.82. The number of rotatable bonds is 2. The average molecular weight is 291 g/mol. The predicted octanol–water partition coefficient (Wildman–Crippen LogP) is 5.33. The molecule has 0 nitrogen and oxygen atoms in total. The lowest BCUT2D eigenvalue weighted by Gasteiger charge is -2.27. The van der Waals surface area contributed by atoms with E-state index in [9.17, 15) is 8.78 Å². The SMILES string of the molecule is Fc1cc(Cl)c(C(Cl)C2CC3CCC2C3)cc1F. The van der Waals surface area contributed by atoms with Crippen molar-refractivity contribution < 1.29 is 8.78 Å². The van der Waals surface area contributed by atoms with E-state index in [0.717, 1.165) is 24.5 Å². The molecule has 2 aliphatic carbocycles. The number of benzene rings is 1. The smallest absolute Gasteiger partial charge is 0.160 e. The topological polar surface area (TPSA) is 0 Å². The molecular weight excluding hydrogens is 277 g/mol. The molecule has 0 aromatic heterocycles. The van der Waals surface area contributed by atoms with Gasteiger partial charge in [0.15, 0.2) is 11.6 Å². The van der Waals surface area contributed by atoms with Crippen LogP contribution in [0, 0.1) is 29.4 Å². The predicted molar refractivity (Wildman–Crippen MR) is 68.9 cm³/mol. The van der Waals surface area contributed by atoms with Crippen LogP contribution in [-0.4, -0.2) is 0 Å². The summed E-state index contributed by atoms with van der Waals surface area (Å²) < 4.78 is 26.3. The molecule has 0 saturated heterocycles. The fourth-order valence-electron chi connectivity index (χ4n) is 3.63. The quantitative estimate of drug-likeness (QED) is 0.510. The zero-order chi connectivity index (χ0) is 12.9. The van der Waals surface area contributed by atoms with Gasteiger partial charge in [-0.1, -0.05) is 18.0 Å². The van der Waals surface area contributed by atoms with Crippen molar-refractivity contribution in [3.05, 3.63) is 34.4 Å². The molecular formula is C14H14Cl2F2. The molecule has 98 valence electrons. The molecule has 1 aromatic rings. The maximum atomic E-state index is 13.3. The van der Waals surface area contributed by atoms with Gasteiger partial charge in [0.05, 0.1) is 5.38 Å². The Kier molecular flexibility index (Phi) is 3.27. The second kappa shape index (κ2) is 4.64. The summed E-state index contributed by atoms with van der Waals surface area (Å²) in [6.45, 7) is 0. The first-order valence-electron chi connectivity index (χ1n) is 6.34. The molecule has 2 saturated carbocycles. The number of fused-ring (bicyclic) bond motifs is 2. The highest BCUT2D eigenvalue weighted by Gasteiger charge is 2.43. The van der Waals surface area contributed by atoms with Crippen molar-refractivity contribution in [2.45, 2.75) is 31.1 Å². The van der Waals surface area contributed by atoms with Gasteiger partial charge in [0.1, 0.15) is 0 Å². The summed E-state index contributed by atoms with van der Waals surface area (Å²) in [5, 5.41) is -0.0698. The minimum atomic E-state index is -0.916. The van der Waals surface area contributed by atoms with Crippen molar-refractivity contribution in [1.29, 1.82) is 0 Å². The van der Waals surface area contributed by atoms with Gasteiger partial charge < -0.3 is 0 Å². The highest BCUT2D eigenvalue weighted by atomic mass is 35.5. The lowest BCUT2D eigenvalue weighted by atomic mass is 9.84. The van der Waals surface area contributed by atoms with Gasteiger partial charge in [0, 0.05) is 5.02 Å². The third kappa shape index (κ3) is 2.04. The van der Waals surface area contributed by atoms with Crippen molar-refractivity contribution in [3.8, 4) is 0 Å². The lowest BCUT2D eigenvalue weighted by molar-refractivity contribution is 0.323. The Balaban J connectivity index is 1.88. The van der Waals surface area contributed by atoms with Crippen LogP contribution in [0.25, 0.3) is 0 Å². The second-order valence-corrected chi connectivity index (χ2v) is 6.41. The van der Waals surface area contributed by atoms with E-state index in [0.29, 0.717) is 17.4 Å². The molecule has 18 heavy (non-hydrogen) atoms. The van der Waals surface area contributed by atoms with Gasteiger partial charge in [-0.3, -0.25) is 0 Å². The van der Waals surface area contributed by atoms with Crippen molar-refractivity contribution in [2.24, 2.45) is 17.8 Å². The van der Waals surface area contributed by atoms with E-state index >= 15 is 0 Å². The van der Waals surface area contributed by atoms with Crippen LogP contribution in [0.2, 0.25) is 5.02 Å². The Labute approximate surface area is 115 Å². The molecule has 0 radical (unpaired) electrons. The van der Waals surface area contributed by atoms with E-state index < -0.39 is 11.6 Å². The van der Waals surface area contributed by atoms with E-state index in [-0.39, 0.29) is 10.4 Å². The number of alkyl halides is 1. The van der Waals surface area contributed by atoms with Crippen LogP contribution >= 0.6 is 23.2 Å². The zero-order valence-corrected chi connectivity index (χ0v) is 11.3. The maximum absolute atomic E-state index is 13.3. The third-order valence-corrected chi connectivity index (χ3v) is 5.39. The van der Waals surface area contributed by atoms with Gasteiger partial charge in [-0.05, 0) is 54.7 Å². The molecule has 0 spiro atoms. The summed E-state index contributed by atoms with van der Waals surface area (Å²) in [7, 11) is 0. The summed E-state index contributed by atoms with van der Waals surface area (Å²) in [5.41, 5.74) is 0.537. The Bertz CT molecular complexity index is 475. The average Bonchev–Trinajstić information content (AvgIpc) is 2.95. The highest BCUT2D eigenvalue weighted by molar-refractivity contribution is 6.32. The molecule has 0 N–H and O–H groups in total. The van der Waals surface area contributed by atoms with Gasteiger partial charge in [-0.25, -0.2) is 8.78 Å². The van der Waals surface area contributed by atoms with Crippen molar-refractivity contribution in [2.75, 3.05) is 0 Å². The molecule has 0 amide bonds. The molecule has 3 rings (SSSR count). The second-order valence-electron chi connectivity index (χ2n) is 5.53. The Hall–Kier alpha value is -0.340. The Morgan fingerprint density at radius 2 is 1.83 bits per heavy atom. The molecule has 2 aliphatic rings. The molecule has 1 aromatic carbocycles. The van der Waals surface area contributed by atoms with Crippen molar-refractivity contribution >= 4 is 23.2 Å². The Morgan fingerprint density at radius 1 is 1.11 bits per heavy atom. The number of hydrogen-bond donors (Lipinski definition) is 0. The van der Waals surface area contributed by atoms with Gasteiger partial charge in [0.2, 0.25) is 0 Å². The minimum Gasteiger partial charge on any atom is -0.204 e. The number of halogens is 4. The first-order chi connectivity index (χ1) is 8.56. The normalized spacial score (nSPS) is 31.9. The summed E-state index contributed by atoms with van der Waals surface area (Å²) in [6, 6.07) is 2.18. The van der Waals surface area contributed by atoms with Gasteiger partial charge >= 0.3 is 0 Å². The largest absolute Gasteiger partial charge is 0.204 e. The van der Waals surface area contributed by atoms with Crippen LogP contribution in [0.1, 0.15) is 36.6 Å². The van der Waals surface area contributed by atoms with Crippen LogP contribution < -0.4 is 0 Å². The first kappa shape index (κ1) is 12.7. The standard InChI is InChI=1S/C14H14Cl2F2/c15-11-6-13(18)12(17)5-10(11)14(16)9-4-7-1-2-8(9)3-7/h5-9,14H,1-4H2. The Morgan fingerprint density at radius 3 is 2.44 bits per heavy atom. The fraction of sp³-hybridized carbons (Fsp3) is 0.571. The van der Waals surface area contributed by atoms with E-state index in [1.165, 1.54) is 19.3 Å². The van der Waals surface area contributed by atoms with Crippen LogP contribution in [0.5, 0.6) is 0 Å². The lowest BCUT2D eigenvalue weighted by Crippen LogP contribution is -2.16. The minimum absolute atomic E-state index is 0.233. The molecule has 2 fully saturated rings. The van der Waals surface area contributed by atoms with E-state index in [1.807, 2.05) is 0 Å². The highest BCUT2D eigenvalue weighted by Crippen LogP contribution is 2.55. The van der Waals surface area contributed by atoms with E-state index in [4.69, 9.17) is 23.2 Å². The molecule has 0 heterocycles. The van der Waals surface area contributed by atoms with Gasteiger partial charge in [0.25, 0.3) is 0 Å². The molecule has 2 bridgehead atoms. The van der Waals surface area contributed by atoms with Crippen molar-refractivity contribution in [3.63, 3.8) is 0 Å². The van der Waals surface area contributed by atoms with Gasteiger partial charge in [-0.15, -0.1) is 11.6 Å². The zero-order valence-electron chi connectivity index (χ0n) is 9.80. The third-order valence-electron chi connectivity index (χ3n) is 4.51. The fourth-order valence-corrected chi connectivity index (χ4v) is 4.45. The molecule has 4 heteroatoms. The molecule has 4 unspecified atom stereocenters. The summed E-state index contributed by atoms with van der Waals surface area (Å²) >= 11 is 12.4. The summed E-state index contributed by atoms with van der Waals surface area (Å²) in [5.74, 6) is -0.0384. The maximum Gasteiger partial charge on any atom is 0.160 e. The van der Waals surface area contributed by atoms with E-state index in [2.05, 4.69) is 0 Å². The van der Waals surface area contributed by atoms with Crippen LogP contribution in [0.4, 0.5) is 8.78 Å². The van der Waals surface area contributed by atoms with Crippen LogP contribution in [0.3, 0.4) is 0 Å². The van der Waals surface area contributed by atoms with E-state index in [1.54, 1.807) is 0 Å². The summed E-state index contributed by atoms with van der Waals surface area (Å²) in [4.78, 5) is 0. The van der Waals surface area contributed by atoms with Crippen LogP contribution in [0.15, 0.2) is 12.1 Å². The first-order valence-corrected chi connectivity index (χ1v) is 7.16. The monoisotopic (exact) mass is 290 g/mol. The van der Waals surface area contributed by atoms with Crippen molar-refractivity contribution in [1.82, 2.24) is 0 Å². The molecule has 4 atom stereocenters. The molecule has 0 aliphatic heterocycles. The van der Waals surface area contributed by atoms with Crippen LogP contribution in [-0.2, 0) is 0 Å².